The van der Waals surface area contributed by atoms with Crippen LogP contribution in [-0.4, -0.2) is 31.0 Å². The number of hydrogen-bond acceptors (Lipinski definition) is 3. The fourth-order valence-corrected chi connectivity index (χ4v) is 4.33. The van der Waals surface area contributed by atoms with Crippen LogP contribution in [-0.2, 0) is 16.3 Å². The first kappa shape index (κ1) is 24.1. The fourth-order valence-electron chi connectivity index (χ4n) is 3.24. The summed E-state index contributed by atoms with van der Waals surface area (Å²) in [6.07, 6.45) is 5.99. The summed E-state index contributed by atoms with van der Waals surface area (Å²) >= 11 is 0. The van der Waals surface area contributed by atoms with Crippen LogP contribution in [0.4, 0.5) is 0 Å². The Balaban J connectivity index is 2.03. The average Bonchev–Trinajstić information content (AvgIpc) is 3.39. The number of aromatic carboxylic acids is 1. The molecule has 1 N–H and O–H groups in total. The highest BCUT2D eigenvalue weighted by atomic mass is 28.4. The van der Waals surface area contributed by atoms with E-state index in [2.05, 4.69) is 54.6 Å². The van der Waals surface area contributed by atoms with E-state index >= 15 is 0 Å². The van der Waals surface area contributed by atoms with Crippen molar-refractivity contribution < 1.29 is 14.3 Å². The summed E-state index contributed by atoms with van der Waals surface area (Å²) in [6.45, 7) is 18.6. The van der Waals surface area contributed by atoms with Crippen molar-refractivity contribution in [1.29, 1.82) is 0 Å². The second-order valence-corrected chi connectivity index (χ2v) is 16.0. The van der Waals surface area contributed by atoms with Gasteiger partial charge in [0.05, 0.1) is 11.3 Å². The molecule has 1 heterocycles. The topological polar surface area (TPSA) is 59.4 Å². The van der Waals surface area contributed by atoms with E-state index in [0.717, 1.165) is 62.1 Å². The minimum absolute atomic E-state index is 0.0770. The van der Waals surface area contributed by atoms with E-state index in [0.29, 0.717) is 11.5 Å². The summed E-state index contributed by atoms with van der Waals surface area (Å²) in [7, 11) is -1.68. The first-order valence-electron chi connectivity index (χ1n) is 11.2. The Morgan fingerprint density at radius 2 is 1.76 bits per heavy atom. The van der Waals surface area contributed by atoms with E-state index < -0.39 is 14.3 Å². The molecule has 0 aromatic carbocycles. The highest BCUT2D eigenvalue weighted by molar-refractivity contribution is 6.74. The number of aromatic nitrogens is 1. The summed E-state index contributed by atoms with van der Waals surface area (Å²) in [6, 6.07) is 2.04. The molecular weight excluding hydrogens is 378 g/mol. The SMILES string of the molecule is CC(C)(C)c1cc(CCCCCO[Si](C)(C)C(C)(C)C)c(C(=O)O)c(C2CC2)n1. The molecule has 0 unspecified atom stereocenters. The number of hydrogen-bond donors (Lipinski definition) is 1. The molecule has 0 spiro atoms. The van der Waals surface area contributed by atoms with Gasteiger partial charge in [0.15, 0.2) is 8.32 Å². The molecule has 164 valence electrons. The lowest BCUT2D eigenvalue weighted by Crippen LogP contribution is -2.40. The van der Waals surface area contributed by atoms with Crippen molar-refractivity contribution in [2.24, 2.45) is 0 Å². The molecule has 0 aliphatic heterocycles. The summed E-state index contributed by atoms with van der Waals surface area (Å²) < 4.78 is 6.27. The van der Waals surface area contributed by atoms with Crippen LogP contribution in [0.1, 0.15) is 107 Å². The first-order chi connectivity index (χ1) is 13.2. The van der Waals surface area contributed by atoms with Gasteiger partial charge in [-0.25, -0.2) is 4.79 Å². The van der Waals surface area contributed by atoms with Gasteiger partial charge >= 0.3 is 5.97 Å². The number of aryl methyl sites for hydroxylation is 1. The molecule has 5 heteroatoms. The standard InChI is InChI=1S/C24H41NO3Si/c1-23(2,3)19-16-18(20(22(26)27)21(25-19)17-13-14-17)12-10-9-11-15-28-29(7,8)24(4,5)6/h16-17H,9-15H2,1-8H3,(H,26,27). The molecule has 0 bridgehead atoms. The van der Waals surface area contributed by atoms with Gasteiger partial charge in [-0.1, -0.05) is 48.0 Å². The zero-order valence-electron chi connectivity index (χ0n) is 19.8. The largest absolute Gasteiger partial charge is 0.478 e. The van der Waals surface area contributed by atoms with E-state index in [1.807, 2.05) is 6.07 Å². The third-order valence-electron chi connectivity index (χ3n) is 6.43. The third kappa shape index (κ3) is 6.39. The predicted molar refractivity (Wildman–Crippen MR) is 123 cm³/mol. The molecule has 4 nitrogen and oxygen atoms in total. The Labute approximate surface area is 178 Å². The number of unbranched alkanes of at least 4 members (excludes halogenated alkanes) is 2. The molecular formula is C24H41NO3Si. The molecule has 1 saturated carbocycles. The normalized spacial score (nSPS) is 15.6. The van der Waals surface area contributed by atoms with E-state index in [9.17, 15) is 9.90 Å². The van der Waals surface area contributed by atoms with E-state index in [1.165, 1.54) is 0 Å². The van der Waals surface area contributed by atoms with E-state index in [1.54, 1.807) is 0 Å². The van der Waals surface area contributed by atoms with Gasteiger partial charge in [0.2, 0.25) is 0 Å². The van der Waals surface area contributed by atoms with Gasteiger partial charge in [-0.2, -0.15) is 0 Å². The molecule has 0 saturated heterocycles. The Bertz CT molecular complexity index is 725. The van der Waals surface area contributed by atoms with Crippen LogP contribution in [0.3, 0.4) is 0 Å². The Morgan fingerprint density at radius 3 is 2.24 bits per heavy atom. The zero-order chi connectivity index (χ0) is 22.0. The van der Waals surface area contributed by atoms with E-state index in [-0.39, 0.29) is 10.5 Å². The quantitative estimate of drug-likeness (QED) is 0.358. The lowest BCUT2D eigenvalue weighted by atomic mass is 9.87. The molecule has 0 amide bonds. The lowest BCUT2D eigenvalue weighted by molar-refractivity contribution is 0.0693. The summed E-state index contributed by atoms with van der Waals surface area (Å²) in [5.74, 6) is -0.490. The van der Waals surface area contributed by atoms with Crippen molar-refractivity contribution in [2.45, 2.75) is 110 Å². The third-order valence-corrected chi connectivity index (χ3v) is 11.0. The maximum Gasteiger partial charge on any atom is 0.337 e. The van der Waals surface area contributed by atoms with Crippen molar-refractivity contribution in [3.63, 3.8) is 0 Å². The first-order valence-corrected chi connectivity index (χ1v) is 14.1. The molecule has 1 aliphatic carbocycles. The van der Waals surface area contributed by atoms with Gasteiger partial charge in [0, 0.05) is 23.6 Å². The Hall–Kier alpha value is -1.20. The number of rotatable bonds is 9. The number of carboxylic acid groups (broad SMARTS) is 1. The molecule has 29 heavy (non-hydrogen) atoms. The van der Waals surface area contributed by atoms with Crippen LogP contribution in [0.25, 0.3) is 0 Å². The van der Waals surface area contributed by atoms with Crippen LogP contribution in [0, 0.1) is 0 Å². The van der Waals surface area contributed by atoms with Crippen LogP contribution < -0.4 is 0 Å². The van der Waals surface area contributed by atoms with Gasteiger partial charge < -0.3 is 9.53 Å². The minimum Gasteiger partial charge on any atom is -0.478 e. The highest BCUT2D eigenvalue weighted by Gasteiger charge is 2.37. The number of nitrogens with zero attached hydrogens (tertiary/aromatic N) is 1. The molecule has 1 aromatic heterocycles. The zero-order valence-corrected chi connectivity index (χ0v) is 20.8. The van der Waals surface area contributed by atoms with Crippen molar-refractivity contribution in [2.75, 3.05) is 6.61 Å². The second-order valence-electron chi connectivity index (χ2n) is 11.2. The number of carboxylic acids is 1. The molecule has 0 radical (unpaired) electrons. The van der Waals surface area contributed by atoms with Crippen molar-refractivity contribution in [3.05, 3.63) is 28.6 Å². The van der Waals surface area contributed by atoms with Gasteiger partial charge in [0.1, 0.15) is 0 Å². The average molecular weight is 420 g/mol. The molecule has 2 rings (SSSR count). The minimum atomic E-state index is -1.68. The van der Waals surface area contributed by atoms with Crippen molar-refractivity contribution >= 4 is 14.3 Å². The summed E-state index contributed by atoms with van der Waals surface area (Å²) in [5, 5.41) is 10.1. The number of carbonyl (C=O) groups is 1. The van der Waals surface area contributed by atoms with Gasteiger partial charge in [-0.05, 0) is 61.9 Å². The fraction of sp³-hybridized carbons (Fsp3) is 0.750. The van der Waals surface area contributed by atoms with Crippen LogP contribution in [0.15, 0.2) is 6.07 Å². The molecule has 1 fully saturated rings. The number of pyridine rings is 1. The smallest absolute Gasteiger partial charge is 0.337 e. The van der Waals surface area contributed by atoms with Crippen LogP contribution >= 0.6 is 0 Å². The molecule has 1 aromatic rings. The summed E-state index contributed by atoms with van der Waals surface area (Å²) in [5.41, 5.74) is 3.19. The predicted octanol–water partition coefficient (Wildman–Crippen LogP) is 6.69. The molecule has 1 aliphatic rings. The van der Waals surface area contributed by atoms with Crippen molar-refractivity contribution in [3.8, 4) is 0 Å². The monoisotopic (exact) mass is 419 g/mol. The maximum atomic E-state index is 12.0. The van der Waals surface area contributed by atoms with Crippen molar-refractivity contribution in [1.82, 2.24) is 4.98 Å². The highest BCUT2D eigenvalue weighted by Crippen LogP contribution is 2.42. The second kappa shape index (κ2) is 8.89. The lowest BCUT2D eigenvalue weighted by Gasteiger charge is -2.36. The summed E-state index contributed by atoms with van der Waals surface area (Å²) in [4.78, 5) is 16.8. The van der Waals surface area contributed by atoms with Gasteiger partial charge in [0.25, 0.3) is 0 Å². The Morgan fingerprint density at radius 1 is 1.14 bits per heavy atom. The maximum absolute atomic E-state index is 12.0. The van der Waals surface area contributed by atoms with Crippen LogP contribution in [0.2, 0.25) is 18.1 Å². The van der Waals surface area contributed by atoms with Gasteiger partial charge in [-0.15, -0.1) is 0 Å². The Kier molecular flexibility index (Phi) is 7.38. The van der Waals surface area contributed by atoms with E-state index in [4.69, 9.17) is 9.41 Å². The van der Waals surface area contributed by atoms with Gasteiger partial charge in [-0.3, -0.25) is 4.98 Å². The molecule has 0 atom stereocenters. The van der Waals surface area contributed by atoms with Crippen LogP contribution in [0.5, 0.6) is 0 Å².